The molecule has 0 spiro atoms. The molecule has 0 aliphatic carbocycles. The first-order chi connectivity index (χ1) is 14.3. The first-order valence-corrected chi connectivity index (χ1v) is 12.0. The zero-order chi connectivity index (χ0) is 21.7. The van der Waals surface area contributed by atoms with Crippen LogP contribution in [0.4, 0.5) is 0 Å². The van der Waals surface area contributed by atoms with E-state index in [1.54, 1.807) is 11.0 Å². The fraction of sp³-hybridized carbons (Fsp3) is 0.435. The van der Waals surface area contributed by atoms with Gasteiger partial charge in [0.25, 0.3) is 5.91 Å². The summed E-state index contributed by atoms with van der Waals surface area (Å²) < 4.78 is 27.6. The summed E-state index contributed by atoms with van der Waals surface area (Å²) in [5.41, 5.74) is 3.02. The zero-order valence-corrected chi connectivity index (χ0v) is 18.9. The quantitative estimate of drug-likeness (QED) is 0.719. The highest BCUT2D eigenvalue weighted by molar-refractivity contribution is 7.89. The van der Waals surface area contributed by atoms with Crippen LogP contribution in [0.2, 0.25) is 0 Å². The first kappa shape index (κ1) is 22.5. The van der Waals surface area contributed by atoms with Gasteiger partial charge < -0.3 is 9.80 Å². The van der Waals surface area contributed by atoms with Crippen LogP contribution in [-0.2, 0) is 21.4 Å². The summed E-state index contributed by atoms with van der Waals surface area (Å²) in [4.78, 5) is 16.2. The lowest BCUT2D eigenvalue weighted by atomic mass is 10.2. The molecule has 1 saturated heterocycles. The van der Waals surface area contributed by atoms with E-state index in [0.29, 0.717) is 37.6 Å². The largest absolute Gasteiger partial charge is 0.335 e. The van der Waals surface area contributed by atoms with Crippen LogP contribution in [-0.4, -0.2) is 62.8 Å². The predicted molar refractivity (Wildman–Crippen MR) is 118 cm³/mol. The third-order valence-electron chi connectivity index (χ3n) is 5.74. The number of quaternary nitrogens is 1. The minimum absolute atomic E-state index is 0.0892. The fourth-order valence-electron chi connectivity index (χ4n) is 3.93. The number of rotatable bonds is 7. The maximum Gasteiger partial charge on any atom is 0.277 e. The summed E-state index contributed by atoms with van der Waals surface area (Å²) >= 11 is 0. The van der Waals surface area contributed by atoms with Crippen molar-refractivity contribution in [3.63, 3.8) is 0 Å². The van der Waals surface area contributed by atoms with Crippen molar-refractivity contribution in [3.8, 4) is 0 Å². The summed E-state index contributed by atoms with van der Waals surface area (Å²) in [5.74, 6) is 0.0892. The first-order valence-electron chi connectivity index (χ1n) is 10.5. The molecule has 1 fully saturated rings. The van der Waals surface area contributed by atoms with E-state index in [1.165, 1.54) is 14.8 Å². The van der Waals surface area contributed by atoms with Crippen LogP contribution in [0.1, 0.15) is 23.6 Å². The van der Waals surface area contributed by atoms with Crippen LogP contribution in [0.5, 0.6) is 0 Å². The lowest BCUT2D eigenvalue weighted by Crippen LogP contribution is -3.11. The number of likely N-dealkylation sites (N-methyl/N-ethyl adjacent to an activating group) is 1. The van der Waals surface area contributed by atoms with Crippen molar-refractivity contribution < 1.29 is 18.1 Å². The number of hydrogen-bond acceptors (Lipinski definition) is 3. The van der Waals surface area contributed by atoms with Crippen molar-refractivity contribution in [2.24, 2.45) is 0 Å². The van der Waals surface area contributed by atoms with E-state index in [2.05, 4.69) is 19.1 Å². The van der Waals surface area contributed by atoms with Gasteiger partial charge in [-0.15, -0.1) is 0 Å². The Hall–Kier alpha value is -2.22. The summed E-state index contributed by atoms with van der Waals surface area (Å²) in [6.45, 7) is 9.50. The highest BCUT2D eigenvalue weighted by atomic mass is 32.2. The van der Waals surface area contributed by atoms with E-state index in [-0.39, 0.29) is 5.91 Å². The molecule has 7 heteroatoms. The molecular formula is C23H32N3O3S+. The molecule has 1 amide bonds. The van der Waals surface area contributed by atoms with Gasteiger partial charge in [0.2, 0.25) is 10.0 Å². The number of carbonyl (C=O) groups excluding carboxylic acids is 1. The van der Waals surface area contributed by atoms with Gasteiger partial charge in [0.05, 0.1) is 11.4 Å². The van der Waals surface area contributed by atoms with Gasteiger partial charge in [-0.3, -0.25) is 4.79 Å². The molecule has 1 aliphatic rings. The van der Waals surface area contributed by atoms with E-state index in [4.69, 9.17) is 0 Å². The predicted octanol–water partition coefficient (Wildman–Crippen LogP) is 1.24. The molecule has 1 N–H and O–H groups in total. The molecule has 2 aromatic rings. The summed E-state index contributed by atoms with van der Waals surface area (Å²) in [7, 11) is -3.54. The second kappa shape index (κ2) is 9.73. The number of amides is 1. The van der Waals surface area contributed by atoms with Crippen molar-refractivity contribution in [2.45, 2.75) is 32.2 Å². The Morgan fingerprint density at radius 2 is 1.67 bits per heavy atom. The topological polar surface area (TPSA) is 62.1 Å². The highest BCUT2D eigenvalue weighted by Gasteiger charge is 2.31. The molecule has 6 nitrogen and oxygen atoms in total. The van der Waals surface area contributed by atoms with Crippen molar-refractivity contribution in [1.29, 1.82) is 0 Å². The van der Waals surface area contributed by atoms with Crippen LogP contribution >= 0.6 is 0 Å². The van der Waals surface area contributed by atoms with E-state index in [9.17, 15) is 13.2 Å². The molecule has 1 atom stereocenters. The van der Waals surface area contributed by atoms with Gasteiger partial charge in [0.15, 0.2) is 6.54 Å². The molecular weight excluding hydrogens is 398 g/mol. The van der Waals surface area contributed by atoms with Gasteiger partial charge in [0, 0.05) is 31.7 Å². The average molecular weight is 431 g/mol. The lowest BCUT2D eigenvalue weighted by molar-refractivity contribution is -0.904. The molecule has 0 aromatic heterocycles. The minimum Gasteiger partial charge on any atom is -0.335 e. The fourth-order valence-corrected chi connectivity index (χ4v) is 5.56. The molecule has 0 saturated carbocycles. The maximum atomic E-state index is 13.0. The second-order valence-electron chi connectivity index (χ2n) is 8.00. The van der Waals surface area contributed by atoms with Crippen LogP contribution in [0.3, 0.4) is 0 Å². The zero-order valence-electron chi connectivity index (χ0n) is 18.1. The van der Waals surface area contributed by atoms with Gasteiger partial charge >= 0.3 is 0 Å². The lowest BCUT2D eigenvalue weighted by Gasteiger charge is -2.34. The number of benzene rings is 2. The molecule has 1 unspecified atom stereocenters. The molecule has 3 rings (SSSR count). The molecule has 0 radical (unpaired) electrons. The van der Waals surface area contributed by atoms with Crippen LogP contribution < -0.4 is 4.90 Å². The van der Waals surface area contributed by atoms with E-state index >= 15 is 0 Å². The monoisotopic (exact) mass is 430 g/mol. The molecule has 162 valence electrons. The SMILES string of the molecule is CC[NH+](CC(=O)N1CCN(S(=O)(=O)c2ccc(C)cc2C)CC1)Cc1ccccc1. The van der Waals surface area contributed by atoms with Gasteiger partial charge in [0.1, 0.15) is 6.54 Å². The Labute approximate surface area is 180 Å². The second-order valence-corrected chi connectivity index (χ2v) is 9.90. The van der Waals surface area contributed by atoms with E-state index < -0.39 is 10.0 Å². The molecule has 0 bridgehead atoms. The summed E-state index contributed by atoms with van der Waals surface area (Å²) in [5, 5.41) is 0. The minimum atomic E-state index is -3.54. The number of hydrogen-bond donors (Lipinski definition) is 1. The van der Waals surface area contributed by atoms with Gasteiger partial charge in [-0.1, -0.05) is 48.0 Å². The Bertz CT molecular complexity index is 968. The van der Waals surface area contributed by atoms with Crippen molar-refractivity contribution in [2.75, 3.05) is 39.3 Å². The molecule has 2 aromatic carbocycles. The number of piperazine rings is 1. The standard InChI is InChI=1S/C23H31N3O3S/c1-4-24(17-21-8-6-5-7-9-21)18-23(27)25-12-14-26(15-13-25)30(28,29)22-11-10-19(2)16-20(22)3/h5-11,16H,4,12-15,17-18H2,1-3H3/p+1. The van der Waals surface area contributed by atoms with Crippen LogP contribution in [0, 0.1) is 13.8 Å². The Balaban J connectivity index is 1.58. The summed E-state index contributed by atoms with van der Waals surface area (Å²) in [6, 6.07) is 15.6. The molecule has 1 heterocycles. The van der Waals surface area contributed by atoms with Crippen LogP contribution in [0.15, 0.2) is 53.4 Å². The van der Waals surface area contributed by atoms with Crippen molar-refractivity contribution in [1.82, 2.24) is 9.21 Å². The number of nitrogens with zero attached hydrogens (tertiary/aromatic N) is 2. The van der Waals surface area contributed by atoms with Crippen LogP contribution in [0.25, 0.3) is 0 Å². The summed E-state index contributed by atoms with van der Waals surface area (Å²) in [6.07, 6.45) is 0. The molecule has 30 heavy (non-hydrogen) atoms. The number of sulfonamides is 1. The maximum absolute atomic E-state index is 13.0. The Morgan fingerprint density at radius 1 is 1.00 bits per heavy atom. The molecule has 1 aliphatic heterocycles. The van der Waals surface area contributed by atoms with Gasteiger partial charge in [-0.25, -0.2) is 8.42 Å². The number of nitrogens with one attached hydrogen (secondary N) is 1. The van der Waals surface area contributed by atoms with Gasteiger partial charge in [-0.05, 0) is 32.4 Å². The van der Waals surface area contributed by atoms with E-state index in [0.717, 1.165) is 24.2 Å². The van der Waals surface area contributed by atoms with E-state index in [1.807, 2.05) is 44.2 Å². The Morgan fingerprint density at radius 3 is 2.27 bits per heavy atom. The highest BCUT2D eigenvalue weighted by Crippen LogP contribution is 2.22. The smallest absolute Gasteiger partial charge is 0.277 e. The third kappa shape index (κ3) is 5.28. The van der Waals surface area contributed by atoms with Gasteiger partial charge in [-0.2, -0.15) is 4.31 Å². The normalized spacial score (nSPS) is 16.4. The van der Waals surface area contributed by atoms with Crippen molar-refractivity contribution in [3.05, 3.63) is 65.2 Å². The number of carbonyl (C=O) groups is 1. The third-order valence-corrected chi connectivity index (χ3v) is 7.80. The van der Waals surface area contributed by atoms with Crippen molar-refractivity contribution >= 4 is 15.9 Å². The number of aryl methyl sites for hydroxylation is 2. The Kier molecular flexibility index (Phi) is 7.28. The average Bonchev–Trinajstić information content (AvgIpc) is 2.73.